The van der Waals surface area contributed by atoms with Crippen LogP contribution in [-0.2, 0) is 16.6 Å². The molecule has 1 amide bonds. The van der Waals surface area contributed by atoms with E-state index in [0.29, 0.717) is 11.4 Å². The largest absolute Gasteiger partial charge is 0.337 e. The molecule has 0 aliphatic rings. The summed E-state index contributed by atoms with van der Waals surface area (Å²) in [4.78, 5) is 17.2. The maximum atomic E-state index is 12.4. The monoisotopic (exact) mass is 462 g/mol. The van der Waals surface area contributed by atoms with Gasteiger partial charge in [0.15, 0.2) is 0 Å². The second kappa shape index (κ2) is 8.39. The highest BCUT2D eigenvalue weighted by molar-refractivity contribution is 7.91. The minimum atomic E-state index is -3.97. The average Bonchev–Trinajstić information content (AvgIpc) is 3.48. The molecule has 4 aromatic rings. The summed E-state index contributed by atoms with van der Waals surface area (Å²) >= 11 is 2.18. The van der Waals surface area contributed by atoms with Crippen molar-refractivity contribution in [1.29, 1.82) is 0 Å². The molecule has 13 heteroatoms. The molecule has 4 rings (SSSR count). The van der Waals surface area contributed by atoms with E-state index < -0.39 is 15.9 Å². The van der Waals surface area contributed by atoms with Gasteiger partial charge in [-0.15, -0.1) is 21.5 Å². The van der Waals surface area contributed by atoms with Crippen molar-refractivity contribution in [3.63, 3.8) is 0 Å². The van der Waals surface area contributed by atoms with Gasteiger partial charge in [0.2, 0.25) is 21.2 Å². The predicted molar refractivity (Wildman–Crippen MR) is 111 cm³/mol. The number of amides is 1. The molecule has 0 atom stereocenters. The fourth-order valence-corrected chi connectivity index (χ4v) is 4.85. The number of aryl methyl sites for hydroxylation is 1. The molecular formula is C17H14N6O4S3. The number of nitrogens with zero attached hydrogens (tertiary/aromatic N) is 4. The van der Waals surface area contributed by atoms with Crippen molar-refractivity contribution in [2.75, 3.05) is 5.32 Å². The second-order valence-electron chi connectivity index (χ2n) is 6.01. The Labute approximate surface area is 179 Å². The Morgan fingerprint density at radius 1 is 1.17 bits per heavy atom. The van der Waals surface area contributed by atoms with Gasteiger partial charge in [-0.25, -0.2) is 8.42 Å². The van der Waals surface area contributed by atoms with E-state index in [1.54, 1.807) is 24.3 Å². The van der Waals surface area contributed by atoms with Crippen LogP contribution in [0.4, 0.5) is 5.13 Å². The first kappa shape index (κ1) is 20.3. The summed E-state index contributed by atoms with van der Waals surface area (Å²) in [5, 5.41) is 15.7. The third-order valence-corrected chi connectivity index (χ3v) is 7.27. The van der Waals surface area contributed by atoms with Crippen molar-refractivity contribution in [1.82, 2.24) is 25.1 Å². The number of carbonyl (C=O) groups is 1. The number of nitrogens with one attached hydrogen (secondary N) is 2. The molecule has 0 saturated heterocycles. The highest BCUT2D eigenvalue weighted by Gasteiger charge is 2.22. The van der Waals surface area contributed by atoms with Crippen molar-refractivity contribution >= 4 is 43.7 Å². The summed E-state index contributed by atoms with van der Waals surface area (Å²) < 4.78 is 32.0. The lowest BCUT2D eigenvalue weighted by molar-refractivity contribution is 0.102. The van der Waals surface area contributed by atoms with E-state index in [1.807, 2.05) is 24.4 Å². The quantitative estimate of drug-likeness (QED) is 0.400. The van der Waals surface area contributed by atoms with Gasteiger partial charge in [-0.2, -0.15) is 9.71 Å². The lowest BCUT2D eigenvalue weighted by Gasteiger charge is -2.01. The van der Waals surface area contributed by atoms with Crippen LogP contribution < -0.4 is 10.0 Å². The van der Waals surface area contributed by atoms with Crippen LogP contribution in [0, 0.1) is 6.92 Å². The summed E-state index contributed by atoms with van der Waals surface area (Å²) in [6.45, 7) is 1.71. The maximum absolute atomic E-state index is 12.4. The number of rotatable bonds is 7. The smallest absolute Gasteiger partial charge is 0.270 e. The van der Waals surface area contributed by atoms with Gasteiger partial charge in [-0.3, -0.25) is 10.1 Å². The Morgan fingerprint density at radius 3 is 2.70 bits per heavy atom. The highest BCUT2D eigenvalue weighted by atomic mass is 32.2. The minimum Gasteiger partial charge on any atom is -0.337 e. The van der Waals surface area contributed by atoms with E-state index in [-0.39, 0.29) is 21.9 Å². The molecule has 0 bridgehead atoms. The summed E-state index contributed by atoms with van der Waals surface area (Å²) in [5.41, 5.74) is 1.45. The van der Waals surface area contributed by atoms with Crippen LogP contribution in [-0.4, -0.2) is 34.7 Å². The van der Waals surface area contributed by atoms with E-state index in [9.17, 15) is 13.2 Å². The lowest BCUT2D eigenvalue weighted by Crippen LogP contribution is -2.23. The molecule has 30 heavy (non-hydrogen) atoms. The van der Waals surface area contributed by atoms with Gasteiger partial charge in [0.05, 0.1) is 11.4 Å². The van der Waals surface area contributed by atoms with Gasteiger partial charge in [0.1, 0.15) is 0 Å². The van der Waals surface area contributed by atoms with Crippen molar-refractivity contribution in [2.45, 2.75) is 17.8 Å². The Bertz CT molecular complexity index is 1260. The number of carbonyl (C=O) groups excluding carboxylic acids is 1. The zero-order valence-electron chi connectivity index (χ0n) is 15.4. The zero-order chi connectivity index (χ0) is 21.1. The molecule has 0 aliphatic carbocycles. The summed E-state index contributed by atoms with van der Waals surface area (Å²) in [5.74, 6) is 0.0885. The molecule has 0 fully saturated rings. The van der Waals surface area contributed by atoms with Crippen molar-refractivity contribution in [3.05, 3.63) is 58.8 Å². The van der Waals surface area contributed by atoms with Gasteiger partial charge in [-0.1, -0.05) is 40.3 Å². The van der Waals surface area contributed by atoms with Crippen molar-refractivity contribution in [2.24, 2.45) is 0 Å². The number of thiophene rings is 1. The van der Waals surface area contributed by atoms with Crippen LogP contribution in [0.15, 0.2) is 50.6 Å². The van der Waals surface area contributed by atoms with Gasteiger partial charge < -0.3 is 4.52 Å². The van der Waals surface area contributed by atoms with Gasteiger partial charge >= 0.3 is 0 Å². The van der Waals surface area contributed by atoms with Crippen LogP contribution in [0.25, 0.3) is 10.7 Å². The van der Waals surface area contributed by atoms with Gasteiger partial charge in [0, 0.05) is 5.56 Å². The van der Waals surface area contributed by atoms with Crippen molar-refractivity contribution < 1.29 is 17.7 Å². The standard InChI is InChI=1S/C17H14N6O4S3/c1-10-4-6-11(7-5-10)15(24)20-16-21-22-17(29-16)30(25,26)18-9-13-19-14(23-27-13)12-3-2-8-28-12/h2-8,18H,9H2,1H3,(H,20,21,24). The molecular weight excluding hydrogens is 448 g/mol. The lowest BCUT2D eigenvalue weighted by atomic mass is 10.1. The normalized spacial score (nSPS) is 11.5. The molecule has 154 valence electrons. The topological polar surface area (TPSA) is 140 Å². The first-order valence-corrected chi connectivity index (χ1v) is 11.7. The van der Waals surface area contributed by atoms with Crippen LogP contribution in [0.2, 0.25) is 0 Å². The summed E-state index contributed by atoms with van der Waals surface area (Å²) in [6.07, 6.45) is 0. The number of anilines is 1. The number of hydrogen-bond acceptors (Lipinski definition) is 10. The summed E-state index contributed by atoms with van der Waals surface area (Å²) in [7, 11) is -3.97. The van der Waals surface area contributed by atoms with E-state index in [1.165, 1.54) is 11.3 Å². The molecule has 1 aromatic carbocycles. The Kier molecular flexibility index (Phi) is 5.67. The van der Waals surface area contributed by atoms with Crippen molar-refractivity contribution in [3.8, 4) is 10.7 Å². The first-order valence-electron chi connectivity index (χ1n) is 8.48. The van der Waals surface area contributed by atoms with E-state index in [0.717, 1.165) is 21.8 Å². The SMILES string of the molecule is Cc1ccc(C(=O)Nc2nnc(S(=O)(=O)NCc3nc(-c4cccs4)no3)s2)cc1. The van der Waals surface area contributed by atoms with Crippen LogP contribution in [0.1, 0.15) is 21.8 Å². The molecule has 3 aromatic heterocycles. The van der Waals surface area contributed by atoms with Gasteiger partial charge in [-0.05, 0) is 30.5 Å². The van der Waals surface area contributed by atoms with Crippen LogP contribution in [0.5, 0.6) is 0 Å². The molecule has 10 nitrogen and oxygen atoms in total. The third kappa shape index (κ3) is 4.59. The maximum Gasteiger partial charge on any atom is 0.270 e. The van der Waals surface area contributed by atoms with E-state index in [4.69, 9.17) is 4.52 Å². The zero-order valence-corrected chi connectivity index (χ0v) is 17.8. The predicted octanol–water partition coefficient (Wildman–Crippen LogP) is 2.69. The molecule has 0 spiro atoms. The number of hydrogen-bond donors (Lipinski definition) is 2. The molecule has 0 radical (unpaired) electrons. The minimum absolute atomic E-state index is 0.0683. The Morgan fingerprint density at radius 2 is 1.97 bits per heavy atom. The average molecular weight is 463 g/mol. The number of benzene rings is 1. The summed E-state index contributed by atoms with van der Waals surface area (Å²) in [6, 6.07) is 10.6. The first-order chi connectivity index (χ1) is 14.4. The van der Waals surface area contributed by atoms with Gasteiger partial charge in [0.25, 0.3) is 15.9 Å². The van der Waals surface area contributed by atoms with E-state index in [2.05, 4.69) is 30.4 Å². The number of aromatic nitrogens is 4. The molecule has 2 N–H and O–H groups in total. The third-order valence-electron chi connectivity index (χ3n) is 3.79. The fraction of sp³-hybridized carbons (Fsp3) is 0.118. The van der Waals surface area contributed by atoms with Crippen LogP contribution >= 0.6 is 22.7 Å². The Balaban J connectivity index is 1.39. The molecule has 0 saturated carbocycles. The van der Waals surface area contributed by atoms with E-state index >= 15 is 0 Å². The highest BCUT2D eigenvalue weighted by Crippen LogP contribution is 2.22. The Hall–Kier alpha value is -3.00. The second-order valence-corrected chi connectivity index (χ2v) is 9.87. The molecule has 3 heterocycles. The fourth-order valence-electron chi connectivity index (χ4n) is 2.29. The molecule has 0 unspecified atom stereocenters. The molecule has 0 aliphatic heterocycles. The van der Waals surface area contributed by atoms with Crippen LogP contribution in [0.3, 0.4) is 0 Å². The number of sulfonamides is 1.